The molecule has 0 spiro atoms. The number of hydrogen-bond donors (Lipinski definition) is 0. The van der Waals surface area contributed by atoms with Gasteiger partial charge in [-0.1, -0.05) is 59.1 Å². The van der Waals surface area contributed by atoms with Crippen molar-refractivity contribution in [2.45, 2.75) is 20.5 Å². The van der Waals surface area contributed by atoms with E-state index in [2.05, 4.69) is 4.98 Å². The average molecular weight is 402 g/mol. The Kier molecular flexibility index (Phi) is 5.32. The number of benzene rings is 3. The third-order valence-electron chi connectivity index (χ3n) is 4.75. The molecule has 1 heterocycles. The molecule has 0 atom stereocenters. The van der Waals surface area contributed by atoms with Crippen LogP contribution in [-0.4, -0.2) is 10.8 Å². The Hall–Kier alpha value is -3.17. The number of ketones is 1. The molecule has 0 aliphatic heterocycles. The SMILES string of the molecule is Cc1cc(C)cc(C(=O)c2cnc3cc(OCc4ccccc4)ccc3c2Cl)c1. The number of rotatable bonds is 5. The first-order valence-electron chi connectivity index (χ1n) is 9.39. The molecule has 4 rings (SSSR count). The van der Waals surface area contributed by atoms with E-state index in [9.17, 15) is 4.79 Å². The average Bonchev–Trinajstić information content (AvgIpc) is 2.72. The molecule has 3 aromatic carbocycles. The Balaban J connectivity index is 1.63. The van der Waals surface area contributed by atoms with Gasteiger partial charge in [0.1, 0.15) is 12.4 Å². The zero-order valence-electron chi connectivity index (χ0n) is 16.3. The summed E-state index contributed by atoms with van der Waals surface area (Å²) < 4.78 is 5.86. The summed E-state index contributed by atoms with van der Waals surface area (Å²) in [7, 11) is 0. The Bertz CT molecular complexity index is 1180. The van der Waals surface area contributed by atoms with Gasteiger partial charge in [0.25, 0.3) is 0 Å². The maximum absolute atomic E-state index is 13.0. The second kappa shape index (κ2) is 8.06. The van der Waals surface area contributed by atoms with Crippen molar-refractivity contribution in [2.24, 2.45) is 0 Å². The number of hydrogen-bond acceptors (Lipinski definition) is 3. The maximum atomic E-state index is 13.0. The second-order valence-electron chi connectivity index (χ2n) is 7.14. The van der Waals surface area contributed by atoms with E-state index in [0.717, 1.165) is 22.1 Å². The fourth-order valence-corrected chi connectivity index (χ4v) is 3.68. The summed E-state index contributed by atoms with van der Waals surface area (Å²) in [4.78, 5) is 17.5. The Morgan fingerprint density at radius 1 is 0.966 bits per heavy atom. The summed E-state index contributed by atoms with van der Waals surface area (Å²) in [5.74, 6) is 0.582. The van der Waals surface area contributed by atoms with Gasteiger partial charge in [0.15, 0.2) is 5.78 Å². The Morgan fingerprint density at radius 2 is 1.69 bits per heavy atom. The van der Waals surface area contributed by atoms with Crippen molar-refractivity contribution in [3.8, 4) is 5.75 Å². The summed E-state index contributed by atoms with van der Waals surface area (Å²) >= 11 is 6.59. The minimum atomic E-state index is -0.124. The predicted molar refractivity (Wildman–Crippen MR) is 117 cm³/mol. The van der Waals surface area contributed by atoms with Crippen LogP contribution in [0.3, 0.4) is 0 Å². The number of aryl methyl sites for hydroxylation is 2. The molecule has 0 unspecified atom stereocenters. The summed E-state index contributed by atoms with van der Waals surface area (Å²) in [6, 6.07) is 21.3. The molecule has 0 aliphatic rings. The van der Waals surface area contributed by atoms with E-state index in [0.29, 0.717) is 34.0 Å². The maximum Gasteiger partial charge on any atom is 0.196 e. The van der Waals surface area contributed by atoms with Crippen LogP contribution in [0.4, 0.5) is 0 Å². The van der Waals surface area contributed by atoms with E-state index < -0.39 is 0 Å². The topological polar surface area (TPSA) is 39.2 Å². The van der Waals surface area contributed by atoms with Gasteiger partial charge < -0.3 is 4.74 Å². The van der Waals surface area contributed by atoms with Gasteiger partial charge in [0.05, 0.1) is 16.1 Å². The third-order valence-corrected chi connectivity index (χ3v) is 5.16. The molecule has 0 saturated heterocycles. The molecular weight excluding hydrogens is 382 g/mol. The number of pyridine rings is 1. The highest BCUT2D eigenvalue weighted by Crippen LogP contribution is 2.30. The van der Waals surface area contributed by atoms with Gasteiger partial charge in [0.2, 0.25) is 0 Å². The lowest BCUT2D eigenvalue weighted by Crippen LogP contribution is -2.04. The normalized spacial score (nSPS) is 10.9. The zero-order valence-corrected chi connectivity index (χ0v) is 17.0. The molecule has 144 valence electrons. The smallest absolute Gasteiger partial charge is 0.196 e. The van der Waals surface area contributed by atoms with Gasteiger partial charge in [-0.15, -0.1) is 0 Å². The molecule has 0 aliphatic carbocycles. The number of fused-ring (bicyclic) bond motifs is 1. The standard InChI is InChI=1S/C25H20ClNO2/c1-16-10-17(2)12-19(11-16)25(28)22-14-27-23-13-20(8-9-21(23)24(22)26)29-15-18-6-4-3-5-7-18/h3-14H,15H2,1-2H3. The van der Waals surface area contributed by atoms with Gasteiger partial charge in [-0.2, -0.15) is 0 Å². The van der Waals surface area contributed by atoms with Crippen molar-refractivity contribution in [1.29, 1.82) is 0 Å². The molecule has 3 nitrogen and oxygen atoms in total. The molecule has 0 N–H and O–H groups in total. The highest BCUT2D eigenvalue weighted by molar-refractivity contribution is 6.39. The van der Waals surface area contributed by atoms with Crippen molar-refractivity contribution < 1.29 is 9.53 Å². The predicted octanol–water partition coefficient (Wildman–Crippen LogP) is 6.32. The largest absolute Gasteiger partial charge is 0.489 e. The van der Waals surface area contributed by atoms with Crippen molar-refractivity contribution in [3.05, 3.63) is 106 Å². The Morgan fingerprint density at radius 3 is 2.41 bits per heavy atom. The molecule has 1 aromatic heterocycles. The first kappa shape index (κ1) is 19.2. The molecule has 0 radical (unpaired) electrons. The van der Waals surface area contributed by atoms with E-state index in [4.69, 9.17) is 16.3 Å². The van der Waals surface area contributed by atoms with Gasteiger partial charge in [-0.25, -0.2) is 0 Å². The van der Waals surface area contributed by atoms with Gasteiger partial charge >= 0.3 is 0 Å². The van der Waals surface area contributed by atoms with E-state index in [1.807, 2.05) is 80.6 Å². The number of aromatic nitrogens is 1. The lowest BCUT2D eigenvalue weighted by molar-refractivity contribution is 0.103. The van der Waals surface area contributed by atoms with Crippen molar-refractivity contribution in [1.82, 2.24) is 4.98 Å². The number of carbonyl (C=O) groups excluding carboxylic acids is 1. The second-order valence-corrected chi connectivity index (χ2v) is 7.52. The minimum absolute atomic E-state index is 0.124. The van der Waals surface area contributed by atoms with Crippen LogP contribution in [0, 0.1) is 13.8 Å². The zero-order chi connectivity index (χ0) is 20.4. The summed E-state index contributed by atoms with van der Waals surface area (Å²) in [5.41, 5.74) is 4.89. The summed E-state index contributed by atoms with van der Waals surface area (Å²) in [6.07, 6.45) is 1.55. The molecule has 0 saturated carbocycles. The van der Waals surface area contributed by atoms with Crippen molar-refractivity contribution in [3.63, 3.8) is 0 Å². The first-order valence-corrected chi connectivity index (χ1v) is 9.77. The molecule has 0 fully saturated rings. The van der Waals surface area contributed by atoms with Crippen LogP contribution < -0.4 is 4.74 Å². The number of ether oxygens (including phenoxy) is 1. The molecule has 29 heavy (non-hydrogen) atoms. The van der Waals surface area contributed by atoms with Crippen LogP contribution in [0.25, 0.3) is 10.9 Å². The molecular formula is C25H20ClNO2. The number of nitrogens with zero attached hydrogens (tertiary/aromatic N) is 1. The lowest BCUT2D eigenvalue weighted by Gasteiger charge is -2.10. The van der Waals surface area contributed by atoms with Crippen LogP contribution in [0.5, 0.6) is 5.75 Å². The monoisotopic (exact) mass is 401 g/mol. The molecule has 0 amide bonds. The molecule has 0 bridgehead atoms. The summed E-state index contributed by atoms with van der Waals surface area (Å²) in [5, 5.41) is 1.14. The lowest BCUT2D eigenvalue weighted by atomic mass is 9.99. The van der Waals surface area contributed by atoms with E-state index >= 15 is 0 Å². The van der Waals surface area contributed by atoms with Gasteiger partial charge in [-0.05, 0) is 43.7 Å². The van der Waals surface area contributed by atoms with Crippen molar-refractivity contribution in [2.75, 3.05) is 0 Å². The van der Waals surface area contributed by atoms with Crippen LogP contribution >= 0.6 is 11.6 Å². The number of carbonyl (C=O) groups is 1. The summed E-state index contributed by atoms with van der Waals surface area (Å²) in [6.45, 7) is 4.42. The van der Waals surface area contributed by atoms with E-state index in [-0.39, 0.29) is 5.78 Å². The van der Waals surface area contributed by atoms with Crippen LogP contribution in [0.1, 0.15) is 32.6 Å². The highest BCUT2D eigenvalue weighted by Gasteiger charge is 2.17. The van der Waals surface area contributed by atoms with Crippen LogP contribution in [0.2, 0.25) is 5.02 Å². The number of halogens is 1. The highest BCUT2D eigenvalue weighted by atomic mass is 35.5. The fraction of sp³-hybridized carbons (Fsp3) is 0.120. The quantitative estimate of drug-likeness (QED) is 0.367. The minimum Gasteiger partial charge on any atom is -0.489 e. The van der Waals surface area contributed by atoms with Gasteiger partial charge in [-0.3, -0.25) is 9.78 Å². The molecule has 4 heteroatoms. The Labute approximate surface area is 174 Å². The first-order chi connectivity index (χ1) is 14.0. The van der Waals surface area contributed by atoms with E-state index in [1.165, 1.54) is 0 Å². The van der Waals surface area contributed by atoms with Crippen LogP contribution in [0.15, 0.2) is 72.9 Å². The van der Waals surface area contributed by atoms with Crippen LogP contribution in [-0.2, 0) is 6.61 Å². The molecule has 4 aromatic rings. The van der Waals surface area contributed by atoms with E-state index in [1.54, 1.807) is 6.20 Å². The third kappa shape index (κ3) is 4.15. The fourth-order valence-electron chi connectivity index (χ4n) is 3.39. The van der Waals surface area contributed by atoms with Gasteiger partial charge in [0, 0.05) is 23.2 Å². The van der Waals surface area contributed by atoms with Crippen molar-refractivity contribution >= 4 is 28.3 Å².